The van der Waals surface area contributed by atoms with Crippen LogP contribution in [0.3, 0.4) is 0 Å². The lowest BCUT2D eigenvalue weighted by Gasteiger charge is -2.17. The van der Waals surface area contributed by atoms with Crippen molar-refractivity contribution in [2.75, 3.05) is 6.54 Å². The summed E-state index contributed by atoms with van der Waals surface area (Å²) >= 11 is 0. The number of aromatic nitrogens is 4. The summed E-state index contributed by atoms with van der Waals surface area (Å²) in [5.74, 6) is 0. The summed E-state index contributed by atoms with van der Waals surface area (Å²) in [7, 11) is 3.93. The van der Waals surface area contributed by atoms with Crippen LogP contribution in [0.5, 0.6) is 0 Å². The van der Waals surface area contributed by atoms with Crippen LogP contribution >= 0.6 is 0 Å². The van der Waals surface area contributed by atoms with Gasteiger partial charge in [-0.3, -0.25) is 9.36 Å². The average molecular weight is 247 g/mol. The van der Waals surface area contributed by atoms with Crippen LogP contribution in [0.4, 0.5) is 0 Å². The maximum Gasteiger partial charge on any atom is 0.0644 e. The highest BCUT2D eigenvalue weighted by molar-refractivity contribution is 5.12. The molecule has 5 nitrogen and oxygen atoms in total. The van der Waals surface area contributed by atoms with Gasteiger partial charge in [-0.1, -0.05) is 6.92 Å². The summed E-state index contributed by atoms with van der Waals surface area (Å²) in [6, 6.07) is 4.40. The second-order valence-corrected chi connectivity index (χ2v) is 4.57. The van der Waals surface area contributed by atoms with Crippen LogP contribution in [0.15, 0.2) is 24.5 Å². The minimum Gasteiger partial charge on any atom is -0.308 e. The minimum absolute atomic E-state index is 0.271. The van der Waals surface area contributed by atoms with Gasteiger partial charge in [-0.15, -0.1) is 0 Å². The number of nitrogens with zero attached hydrogens (tertiary/aromatic N) is 4. The Hall–Kier alpha value is -1.62. The standard InChI is InChI=1S/C13H21N5/c1-4-7-14-12(13-5-8-15-18(13)3)10-11-6-9-17(2)16-11/h5-6,8-9,12,14H,4,7,10H2,1-3H3. The SMILES string of the molecule is CCCNC(Cc1ccn(C)n1)c1ccnn1C. The Morgan fingerprint density at radius 2 is 2.17 bits per heavy atom. The lowest BCUT2D eigenvalue weighted by Crippen LogP contribution is -2.26. The maximum atomic E-state index is 4.45. The summed E-state index contributed by atoms with van der Waals surface area (Å²) in [5, 5.41) is 12.2. The molecule has 0 saturated heterocycles. The van der Waals surface area contributed by atoms with Crippen molar-refractivity contribution in [3.05, 3.63) is 35.9 Å². The molecule has 98 valence electrons. The highest BCUT2D eigenvalue weighted by Gasteiger charge is 2.15. The third-order valence-electron chi connectivity index (χ3n) is 3.04. The lowest BCUT2D eigenvalue weighted by molar-refractivity contribution is 0.487. The van der Waals surface area contributed by atoms with E-state index in [2.05, 4.69) is 34.6 Å². The number of aryl methyl sites for hydroxylation is 2. The molecule has 0 aromatic carbocycles. The van der Waals surface area contributed by atoms with Crippen molar-refractivity contribution < 1.29 is 0 Å². The highest BCUT2D eigenvalue weighted by atomic mass is 15.3. The van der Waals surface area contributed by atoms with Crippen LogP contribution in [0, 0.1) is 0 Å². The van der Waals surface area contributed by atoms with E-state index in [0.29, 0.717) is 0 Å². The Morgan fingerprint density at radius 1 is 1.33 bits per heavy atom. The first-order chi connectivity index (χ1) is 8.70. The predicted octanol–water partition coefficient (Wildman–Crippen LogP) is 1.44. The first-order valence-electron chi connectivity index (χ1n) is 6.40. The van der Waals surface area contributed by atoms with Crippen LogP contribution in [0.1, 0.15) is 30.8 Å². The highest BCUT2D eigenvalue weighted by Crippen LogP contribution is 2.16. The Bertz CT molecular complexity index is 485. The van der Waals surface area contributed by atoms with Crippen molar-refractivity contribution in [3.8, 4) is 0 Å². The zero-order valence-corrected chi connectivity index (χ0v) is 11.3. The number of hydrogen-bond donors (Lipinski definition) is 1. The third kappa shape index (κ3) is 2.98. The zero-order chi connectivity index (χ0) is 13.0. The molecule has 18 heavy (non-hydrogen) atoms. The smallest absolute Gasteiger partial charge is 0.0644 e. The van der Waals surface area contributed by atoms with Crippen LogP contribution in [0.2, 0.25) is 0 Å². The third-order valence-corrected chi connectivity index (χ3v) is 3.04. The number of nitrogens with one attached hydrogen (secondary N) is 1. The second kappa shape index (κ2) is 5.82. The van der Waals surface area contributed by atoms with Gasteiger partial charge in [-0.2, -0.15) is 10.2 Å². The molecule has 0 aliphatic rings. The number of hydrogen-bond acceptors (Lipinski definition) is 3. The Labute approximate surface area is 108 Å². The first-order valence-corrected chi connectivity index (χ1v) is 6.40. The molecule has 0 bridgehead atoms. The van der Waals surface area contributed by atoms with Gasteiger partial charge in [0, 0.05) is 32.9 Å². The van der Waals surface area contributed by atoms with Gasteiger partial charge >= 0.3 is 0 Å². The molecule has 5 heteroatoms. The van der Waals surface area contributed by atoms with Gasteiger partial charge in [0.1, 0.15) is 0 Å². The molecular formula is C13H21N5. The summed E-state index contributed by atoms with van der Waals surface area (Å²) in [4.78, 5) is 0. The Morgan fingerprint density at radius 3 is 2.72 bits per heavy atom. The van der Waals surface area contributed by atoms with Crippen LogP contribution in [-0.4, -0.2) is 26.1 Å². The van der Waals surface area contributed by atoms with E-state index in [1.807, 2.05) is 35.9 Å². The van der Waals surface area contributed by atoms with Gasteiger partial charge in [0.15, 0.2) is 0 Å². The largest absolute Gasteiger partial charge is 0.308 e. The van der Waals surface area contributed by atoms with Crippen molar-refractivity contribution in [3.63, 3.8) is 0 Å². The summed E-state index contributed by atoms with van der Waals surface area (Å²) in [6.45, 7) is 3.18. The molecule has 0 spiro atoms. The normalized spacial score (nSPS) is 12.8. The Balaban J connectivity index is 2.12. The molecule has 1 unspecified atom stereocenters. The van der Waals surface area contributed by atoms with E-state index < -0.39 is 0 Å². The molecule has 0 radical (unpaired) electrons. The summed E-state index contributed by atoms with van der Waals surface area (Å²) in [6.07, 6.45) is 5.83. The molecule has 2 heterocycles. The van der Waals surface area contributed by atoms with Crippen LogP contribution < -0.4 is 5.32 Å². The molecule has 0 fully saturated rings. The average Bonchev–Trinajstić information content (AvgIpc) is 2.93. The van der Waals surface area contributed by atoms with E-state index in [4.69, 9.17) is 0 Å². The fraction of sp³-hybridized carbons (Fsp3) is 0.538. The van der Waals surface area contributed by atoms with Crippen molar-refractivity contribution in [1.29, 1.82) is 0 Å². The van der Waals surface area contributed by atoms with Crippen molar-refractivity contribution >= 4 is 0 Å². The molecule has 2 rings (SSSR count). The summed E-state index contributed by atoms with van der Waals surface area (Å²) < 4.78 is 3.77. The van der Waals surface area contributed by atoms with E-state index in [9.17, 15) is 0 Å². The van der Waals surface area contributed by atoms with Gasteiger partial charge in [-0.05, 0) is 25.1 Å². The lowest BCUT2D eigenvalue weighted by atomic mass is 10.1. The fourth-order valence-electron chi connectivity index (χ4n) is 2.11. The minimum atomic E-state index is 0.271. The molecule has 2 aromatic rings. The van der Waals surface area contributed by atoms with Gasteiger partial charge in [0.05, 0.1) is 17.4 Å². The number of rotatable bonds is 6. The Kier molecular flexibility index (Phi) is 4.15. The van der Waals surface area contributed by atoms with E-state index >= 15 is 0 Å². The summed E-state index contributed by atoms with van der Waals surface area (Å²) in [5.41, 5.74) is 2.31. The molecule has 0 saturated carbocycles. The van der Waals surface area contributed by atoms with Gasteiger partial charge in [-0.25, -0.2) is 0 Å². The topological polar surface area (TPSA) is 47.7 Å². The van der Waals surface area contributed by atoms with Gasteiger partial charge < -0.3 is 5.32 Å². The molecule has 0 amide bonds. The fourth-order valence-corrected chi connectivity index (χ4v) is 2.11. The monoisotopic (exact) mass is 247 g/mol. The molecule has 1 atom stereocenters. The molecule has 1 N–H and O–H groups in total. The van der Waals surface area contributed by atoms with Crippen LogP contribution in [0.25, 0.3) is 0 Å². The first kappa shape index (κ1) is 12.8. The molecule has 0 aliphatic heterocycles. The van der Waals surface area contributed by atoms with E-state index in [1.165, 1.54) is 5.69 Å². The van der Waals surface area contributed by atoms with Gasteiger partial charge in [0.2, 0.25) is 0 Å². The van der Waals surface area contributed by atoms with Crippen LogP contribution in [-0.2, 0) is 20.5 Å². The second-order valence-electron chi connectivity index (χ2n) is 4.57. The molecular weight excluding hydrogens is 226 g/mol. The quantitative estimate of drug-likeness (QED) is 0.840. The van der Waals surface area contributed by atoms with E-state index in [0.717, 1.165) is 25.1 Å². The molecule has 0 aliphatic carbocycles. The van der Waals surface area contributed by atoms with Crippen molar-refractivity contribution in [2.45, 2.75) is 25.8 Å². The van der Waals surface area contributed by atoms with E-state index in [1.54, 1.807) is 0 Å². The zero-order valence-electron chi connectivity index (χ0n) is 11.3. The van der Waals surface area contributed by atoms with Gasteiger partial charge in [0.25, 0.3) is 0 Å². The van der Waals surface area contributed by atoms with E-state index in [-0.39, 0.29) is 6.04 Å². The maximum absolute atomic E-state index is 4.45. The van der Waals surface area contributed by atoms with Crippen molar-refractivity contribution in [2.24, 2.45) is 14.1 Å². The van der Waals surface area contributed by atoms with Crippen molar-refractivity contribution in [1.82, 2.24) is 24.9 Å². The predicted molar refractivity (Wildman–Crippen MR) is 71.2 cm³/mol. The molecule has 2 aromatic heterocycles.